The number of aromatic nitrogens is 1. The lowest BCUT2D eigenvalue weighted by Crippen LogP contribution is -2.22. The minimum Gasteiger partial charge on any atom is -0.355 e. The second kappa shape index (κ2) is 6.68. The number of pyridine rings is 1. The van der Waals surface area contributed by atoms with Gasteiger partial charge in [-0.3, -0.25) is 0 Å². The number of anilines is 1. The van der Waals surface area contributed by atoms with Gasteiger partial charge in [0.05, 0.1) is 0 Å². The molecule has 2 aromatic heterocycles. The van der Waals surface area contributed by atoms with Crippen LogP contribution in [0, 0.1) is 0 Å². The molecule has 2 rings (SSSR count). The van der Waals surface area contributed by atoms with E-state index in [-0.39, 0.29) is 0 Å². The topological polar surface area (TPSA) is 28.2 Å². The number of hydrogen-bond acceptors (Lipinski definition) is 4. The van der Waals surface area contributed by atoms with E-state index in [4.69, 9.17) is 0 Å². The first-order valence-electron chi connectivity index (χ1n) is 6.55. The first kappa shape index (κ1) is 14.0. The molecule has 102 valence electrons. The number of rotatable bonds is 6. The zero-order chi connectivity index (χ0) is 13.7. The van der Waals surface area contributed by atoms with E-state index < -0.39 is 0 Å². The minimum absolute atomic E-state index is 0.500. The van der Waals surface area contributed by atoms with Crippen LogP contribution in [0.4, 0.5) is 5.82 Å². The van der Waals surface area contributed by atoms with Crippen molar-refractivity contribution in [3.8, 4) is 0 Å². The lowest BCUT2D eigenvalue weighted by Gasteiger charge is -2.18. The average molecular weight is 275 g/mol. The van der Waals surface area contributed by atoms with Crippen molar-refractivity contribution in [1.82, 2.24) is 10.3 Å². The summed E-state index contributed by atoms with van der Waals surface area (Å²) in [5.41, 5.74) is 2.61. The summed E-state index contributed by atoms with van der Waals surface area (Å²) >= 11 is 1.73. The normalized spacial score (nSPS) is 10.9. The van der Waals surface area contributed by atoms with Gasteiger partial charge >= 0.3 is 0 Å². The van der Waals surface area contributed by atoms with Gasteiger partial charge in [0.1, 0.15) is 5.82 Å². The molecule has 0 aliphatic carbocycles. The fraction of sp³-hybridized carbons (Fsp3) is 0.400. The molecule has 0 aromatic carbocycles. The second-order valence-electron chi connectivity index (χ2n) is 5.05. The van der Waals surface area contributed by atoms with E-state index in [0.29, 0.717) is 6.04 Å². The van der Waals surface area contributed by atoms with Crippen molar-refractivity contribution in [3.05, 3.63) is 46.3 Å². The fourth-order valence-corrected chi connectivity index (χ4v) is 2.50. The molecule has 4 heteroatoms. The van der Waals surface area contributed by atoms with Crippen LogP contribution in [0.5, 0.6) is 0 Å². The van der Waals surface area contributed by atoms with Crippen molar-refractivity contribution in [3.63, 3.8) is 0 Å². The molecule has 1 N–H and O–H groups in total. The number of nitrogens with one attached hydrogen (secondary N) is 1. The van der Waals surface area contributed by atoms with Gasteiger partial charge in [-0.15, -0.1) is 0 Å². The van der Waals surface area contributed by atoms with Gasteiger partial charge in [0.2, 0.25) is 0 Å². The van der Waals surface area contributed by atoms with Crippen LogP contribution in [0.1, 0.15) is 25.0 Å². The summed E-state index contributed by atoms with van der Waals surface area (Å²) in [5.74, 6) is 1.02. The zero-order valence-electron chi connectivity index (χ0n) is 11.8. The maximum absolute atomic E-state index is 4.45. The van der Waals surface area contributed by atoms with Crippen molar-refractivity contribution in [1.29, 1.82) is 0 Å². The van der Waals surface area contributed by atoms with Crippen LogP contribution >= 0.6 is 11.3 Å². The van der Waals surface area contributed by atoms with E-state index in [2.05, 4.69) is 65.1 Å². The molecule has 0 aliphatic heterocycles. The maximum Gasteiger partial charge on any atom is 0.128 e. The van der Waals surface area contributed by atoms with E-state index in [9.17, 15) is 0 Å². The smallest absolute Gasteiger partial charge is 0.128 e. The van der Waals surface area contributed by atoms with Gasteiger partial charge in [-0.25, -0.2) is 4.98 Å². The van der Waals surface area contributed by atoms with Gasteiger partial charge in [-0.05, 0) is 40.1 Å². The third kappa shape index (κ3) is 4.33. The average Bonchev–Trinajstić information content (AvgIpc) is 2.89. The molecule has 0 bridgehead atoms. The van der Waals surface area contributed by atoms with Gasteiger partial charge in [0.25, 0.3) is 0 Å². The molecule has 19 heavy (non-hydrogen) atoms. The van der Waals surface area contributed by atoms with Crippen molar-refractivity contribution in [2.24, 2.45) is 0 Å². The van der Waals surface area contributed by atoms with Crippen LogP contribution in [0.15, 0.2) is 35.2 Å². The Bertz CT molecular complexity index is 494. The predicted octanol–water partition coefficient (Wildman–Crippen LogP) is 3.28. The molecule has 0 spiro atoms. The summed E-state index contributed by atoms with van der Waals surface area (Å²) in [5, 5.41) is 7.72. The maximum atomic E-state index is 4.45. The Labute approximate surface area is 119 Å². The highest BCUT2D eigenvalue weighted by molar-refractivity contribution is 7.07. The molecule has 0 radical (unpaired) electrons. The lowest BCUT2D eigenvalue weighted by molar-refractivity contribution is 0.588. The van der Waals surface area contributed by atoms with E-state index >= 15 is 0 Å². The molecule has 0 saturated carbocycles. The minimum atomic E-state index is 0.500. The number of thiophene rings is 1. The van der Waals surface area contributed by atoms with E-state index in [1.807, 2.05) is 6.20 Å². The molecule has 3 nitrogen and oxygen atoms in total. The Morgan fingerprint density at radius 2 is 2.16 bits per heavy atom. The first-order valence-corrected chi connectivity index (χ1v) is 7.50. The van der Waals surface area contributed by atoms with E-state index in [1.54, 1.807) is 11.3 Å². The Kier molecular flexibility index (Phi) is 4.93. The molecule has 2 heterocycles. The van der Waals surface area contributed by atoms with Crippen LogP contribution in [-0.4, -0.2) is 18.1 Å². The molecule has 0 atom stereocenters. The molecule has 0 fully saturated rings. The zero-order valence-corrected chi connectivity index (χ0v) is 12.6. The molecular weight excluding hydrogens is 254 g/mol. The quantitative estimate of drug-likeness (QED) is 0.877. The Hall–Kier alpha value is -1.39. The molecule has 0 saturated heterocycles. The van der Waals surface area contributed by atoms with Gasteiger partial charge in [0, 0.05) is 32.4 Å². The summed E-state index contributed by atoms with van der Waals surface area (Å²) in [6.45, 7) is 6.10. The van der Waals surface area contributed by atoms with Gasteiger partial charge in [0.15, 0.2) is 0 Å². The highest BCUT2D eigenvalue weighted by atomic mass is 32.1. The molecule has 2 aromatic rings. The van der Waals surface area contributed by atoms with Crippen molar-refractivity contribution >= 4 is 17.2 Å². The second-order valence-corrected chi connectivity index (χ2v) is 5.83. The Morgan fingerprint density at radius 3 is 2.84 bits per heavy atom. The largest absolute Gasteiger partial charge is 0.355 e. The lowest BCUT2D eigenvalue weighted by atomic mass is 10.2. The highest BCUT2D eigenvalue weighted by Crippen LogP contribution is 2.15. The van der Waals surface area contributed by atoms with Crippen LogP contribution in [0.2, 0.25) is 0 Å². The SMILES string of the molecule is CC(C)NCc1ccnc(N(C)Cc2ccsc2)c1. The van der Waals surface area contributed by atoms with Crippen molar-refractivity contribution in [2.45, 2.75) is 33.0 Å². The number of hydrogen-bond donors (Lipinski definition) is 1. The van der Waals surface area contributed by atoms with E-state index in [1.165, 1.54) is 11.1 Å². The third-order valence-electron chi connectivity index (χ3n) is 2.92. The van der Waals surface area contributed by atoms with Crippen LogP contribution in [0.3, 0.4) is 0 Å². The Balaban J connectivity index is 2.01. The van der Waals surface area contributed by atoms with Crippen LogP contribution < -0.4 is 10.2 Å². The first-order chi connectivity index (χ1) is 9.15. The predicted molar refractivity (Wildman–Crippen MR) is 82.6 cm³/mol. The summed E-state index contributed by atoms with van der Waals surface area (Å²) in [6, 6.07) is 6.88. The standard InChI is InChI=1S/C15H21N3S/c1-12(2)17-9-13-4-6-16-15(8-13)18(3)10-14-5-7-19-11-14/h4-8,11-12,17H,9-10H2,1-3H3. The summed E-state index contributed by atoms with van der Waals surface area (Å²) in [4.78, 5) is 6.63. The number of nitrogens with zero attached hydrogens (tertiary/aromatic N) is 2. The summed E-state index contributed by atoms with van der Waals surface area (Å²) in [7, 11) is 2.08. The van der Waals surface area contributed by atoms with Crippen molar-refractivity contribution < 1.29 is 0 Å². The summed E-state index contributed by atoms with van der Waals surface area (Å²) < 4.78 is 0. The van der Waals surface area contributed by atoms with E-state index in [0.717, 1.165) is 18.9 Å². The monoisotopic (exact) mass is 275 g/mol. The van der Waals surface area contributed by atoms with Gasteiger partial charge in [-0.2, -0.15) is 11.3 Å². The van der Waals surface area contributed by atoms with Crippen molar-refractivity contribution in [2.75, 3.05) is 11.9 Å². The molecule has 0 aliphatic rings. The Morgan fingerprint density at radius 1 is 1.32 bits per heavy atom. The highest BCUT2D eigenvalue weighted by Gasteiger charge is 2.05. The summed E-state index contributed by atoms with van der Waals surface area (Å²) in [6.07, 6.45) is 1.89. The molecule has 0 unspecified atom stereocenters. The molecule has 0 amide bonds. The fourth-order valence-electron chi connectivity index (χ4n) is 1.84. The van der Waals surface area contributed by atoms with Crippen LogP contribution in [0.25, 0.3) is 0 Å². The van der Waals surface area contributed by atoms with Crippen LogP contribution in [-0.2, 0) is 13.1 Å². The molecular formula is C15H21N3S. The van der Waals surface area contributed by atoms with Gasteiger partial charge in [-0.1, -0.05) is 13.8 Å². The van der Waals surface area contributed by atoms with Gasteiger partial charge < -0.3 is 10.2 Å². The third-order valence-corrected chi connectivity index (χ3v) is 3.65.